The summed E-state index contributed by atoms with van der Waals surface area (Å²) in [6.45, 7) is 0.242. The first-order chi connectivity index (χ1) is 13.0. The van der Waals surface area contributed by atoms with Crippen LogP contribution in [0, 0.1) is 5.82 Å². The molecule has 2 amide bonds. The molecular formula is C19H14ClFN4O2. The predicted octanol–water partition coefficient (Wildman–Crippen LogP) is 3.45. The zero-order valence-electron chi connectivity index (χ0n) is 13.9. The Kier molecular flexibility index (Phi) is 5.73. The number of nitrogens with one attached hydrogen (secondary N) is 2. The number of rotatable bonds is 5. The highest BCUT2D eigenvalue weighted by atomic mass is 35.5. The van der Waals surface area contributed by atoms with E-state index in [1.807, 2.05) is 6.07 Å². The van der Waals surface area contributed by atoms with Crippen LogP contribution in [0.25, 0.3) is 0 Å². The number of halogens is 2. The molecule has 2 heterocycles. The summed E-state index contributed by atoms with van der Waals surface area (Å²) < 4.78 is 13.2. The Balaban J connectivity index is 1.67. The molecule has 0 radical (unpaired) electrons. The van der Waals surface area contributed by atoms with Crippen LogP contribution in [-0.2, 0) is 6.54 Å². The Bertz CT molecular complexity index is 982. The molecule has 0 atom stereocenters. The molecule has 0 aliphatic rings. The summed E-state index contributed by atoms with van der Waals surface area (Å²) in [5.74, 6) is -1.48. The van der Waals surface area contributed by atoms with Crippen LogP contribution < -0.4 is 10.6 Å². The predicted molar refractivity (Wildman–Crippen MR) is 99.0 cm³/mol. The summed E-state index contributed by atoms with van der Waals surface area (Å²) in [5, 5.41) is 5.18. The smallest absolute Gasteiger partial charge is 0.270 e. The lowest BCUT2D eigenvalue weighted by Crippen LogP contribution is -2.24. The fraction of sp³-hybridized carbons (Fsp3) is 0.0526. The fourth-order valence-corrected chi connectivity index (χ4v) is 2.42. The number of carbonyl (C=O) groups excluding carboxylic acids is 2. The molecule has 136 valence electrons. The van der Waals surface area contributed by atoms with Crippen LogP contribution in [0.1, 0.15) is 26.5 Å². The molecule has 0 bridgehead atoms. The van der Waals surface area contributed by atoms with E-state index in [9.17, 15) is 14.0 Å². The second-order valence-corrected chi connectivity index (χ2v) is 5.92. The molecule has 3 rings (SSSR count). The number of carbonyl (C=O) groups is 2. The van der Waals surface area contributed by atoms with E-state index in [4.69, 9.17) is 11.6 Å². The van der Waals surface area contributed by atoms with Crippen LogP contribution >= 0.6 is 11.6 Å². The molecule has 1 aromatic carbocycles. The maximum absolute atomic E-state index is 13.2. The van der Waals surface area contributed by atoms with Crippen molar-refractivity contribution in [3.8, 4) is 0 Å². The average Bonchev–Trinajstić information content (AvgIpc) is 2.70. The van der Waals surface area contributed by atoms with Gasteiger partial charge in [0.05, 0.1) is 17.3 Å². The SMILES string of the molecule is O=C(Nc1ccc(F)c(Cl)c1)c1ccnc(C(=O)NCc2ccccn2)c1. The Labute approximate surface area is 159 Å². The summed E-state index contributed by atoms with van der Waals surface area (Å²) in [4.78, 5) is 32.7. The van der Waals surface area contributed by atoms with Gasteiger partial charge in [-0.05, 0) is 42.5 Å². The number of pyridine rings is 2. The summed E-state index contributed by atoms with van der Waals surface area (Å²) in [7, 11) is 0. The largest absolute Gasteiger partial charge is 0.345 e. The zero-order valence-corrected chi connectivity index (χ0v) is 14.7. The van der Waals surface area contributed by atoms with Gasteiger partial charge < -0.3 is 10.6 Å². The minimum absolute atomic E-state index is 0.0933. The van der Waals surface area contributed by atoms with Gasteiger partial charge in [-0.3, -0.25) is 19.6 Å². The minimum Gasteiger partial charge on any atom is -0.345 e. The fourth-order valence-electron chi connectivity index (χ4n) is 2.24. The molecule has 0 saturated heterocycles. The third-order valence-corrected chi connectivity index (χ3v) is 3.88. The maximum atomic E-state index is 13.2. The highest BCUT2D eigenvalue weighted by Crippen LogP contribution is 2.20. The first-order valence-corrected chi connectivity index (χ1v) is 8.31. The van der Waals surface area contributed by atoms with E-state index >= 15 is 0 Å². The van der Waals surface area contributed by atoms with Gasteiger partial charge in [-0.1, -0.05) is 17.7 Å². The summed E-state index contributed by atoms with van der Waals surface area (Å²) >= 11 is 5.70. The molecule has 0 aliphatic heterocycles. The van der Waals surface area contributed by atoms with Crippen molar-refractivity contribution in [2.75, 3.05) is 5.32 Å². The molecule has 6 nitrogen and oxygen atoms in total. The summed E-state index contributed by atoms with van der Waals surface area (Å²) in [6, 6.07) is 12.1. The van der Waals surface area contributed by atoms with E-state index in [2.05, 4.69) is 20.6 Å². The van der Waals surface area contributed by atoms with Gasteiger partial charge in [0.25, 0.3) is 11.8 Å². The highest BCUT2D eigenvalue weighted by molar-refractivity contribution is 6.31. The van der Waals surface area contributed by atoms with E-state index in [-0.39, 0.29) is 22.8 Å². The van der Waals surface area contributed by atoms with Crippen molar-refractivity contribution >= 4 is 29.1 Å². The standard InChI is InChI=1S/C19H14ClFN4O2/c20-15-10-13(4-5-16(15)21)25-18(26)12-6-8-23-17(9-12)19(27)24-11-14-3-1-2-7-22-14/h1-10H,11H2,(H,24,27)(H,25,26). The molecule has 2 N–H and O–H groups in total. The lowest BCUT2D eigenvalue weighted by molar-refractivity contribution is 0.0945. The Morgan fingerprint density at radius 2 is 1.85 bits per heavy atom. The van der Waals surface area contributed by atoms with Crippen LogP contribution in [0.4, 0.5) is 10.1 Å². The molecule has 0 fully saturated rings. The van der Waals surface area contributed by atoms with E-state index < -0.39 is 17.6 Å². The van der Waals surface area contributed by atoms with Crippen LogP contribution in [0.3, 0.4) is 0 Å². The topological polar surface area (TPSA) is 84.0 Å². The monoisotopic (exact) mass is 384 g/mol. The van der Waals surface area contributed by atoms with Crippen LogP contribution in [0.15, 0.2) is 60.9 Å². The Morgan fingerprint density at radius 1 is 1.00 bits per heavy atom. The van der Waals surface area contributed by atoms with Crippen molar-refractivity contribution in [2.45, 2.75) is 6.54 Å². The first-order valence-electron chi connectivity index (χ1n) is 7.93. The van der Waals surface area contributed by atoms with Crippen LogP contribution in [0.2, 0.25) is 5.02 Å². The number of hydrogen-bond donors (Lipinski definition) is 2. The number of aromatic nitrogens is 2. The molecule has 0 spiro atoms. The Hall–Kier alpha value is -3.32. The lowest BCUT2D eigenvalue weighted by Gasteiger charge is -2.08. The van der Waals surface area contributed by atoms with Crippen molar-refractivity contribution in [1.82, 2.24) is 15.3 Å². The van der Waals surface area contributed by atoms with E-state index in [0.29, 0.717) is 11.4 Å². The van der Waals surface area contributed by atoms with Crippen molar-refractivity contribution in [2.24, 2.45) is 0 Å². The van der Waals surface area contributed by atoms with Gasteiger partial charge in [-0.2, -0.15) is 0 Å². The third-order valence-electron chi connectivity index (χ3n) is 3.59. The van der Waals surface area contributed by atoms with E-state index in [0.717, 1.165) is 6.07 Å². The van der Waals surface area contributed by atoms with Crippen molar-refractivity contribution in [1.29, 1.82) is 0 Å². The molecular weight excluding hydrogens is 371 g/mol. The minimum atomic E-state index is -0.578. The molecule has 2 aromatic heterocycles. The zero-order chi connectivity index (χ0) is 19.2. The van der Waals surface area contributed by atoms with E-state index in [1.165, 1.54) is 30.5 Å². The third kappa shape index (κ3) is 4.86. The second kappa shape index (κ2) is 8.37. The van der Waals surface area contributed by atoms with Gasteiger partial charge in [0.2, 0.25) is 0 Å². The second-order valence-electron chi connectivity index (χ2n) is 5.52. The molecule has 0 saturated carbocycles. The molecule has 0 aliphatic carbocycles. The van der Waals surface area contributed by atoms with Crippen LogP contribution in [-0.4, -0.2) is 21.8 Å². The number of amides is 2. The molecule has 3 aromatic rings. The number of nitrogens with zero attached hydrogens (tertiary/aromatic N) is 2. The van der Waals surface area contributed by atoms with Gasteiger partial charge in [-0.15, -0.1) is 0 Å². The maximum Gasteiger partial charge on any atom is 0.270 e. The molecule has 27 heavy (non-hydrogen) atoms. The van der Waals surface area contributed by atoms with Gasteiger partial charge in [0.1, 0.15) is 11.5 Å². The lowest BCUT2D eigenvalue weighted by atomic mass is 10.2. The molecule has 0 unspecified atom stereocenters. The van der Waals surface area contributed by atoms with Gasteiger partial charge >= 0.3 is 0 Å². The first kappa shape index (κ1) is 18.5. The van der Waals surface area contributed by atoms with Crippen molar-refractivity contribution in [3.63, 3.8) is 0 Å². The highest BCUT2D eigenvalue weighted by Gasteiger charge is 2.13. The number of anilines is 1. The normalized spacial score (nSPS) is 10.3. The van der Waals surface area contributed by atoms with E-state index in [1.54, 1.807) is 18.3 Å². The van der Waals surface area contributed by atoms with Crippen LogP contribution in [0.5, 0.6) is 0 Å². The van der Waals surface area contributed by atoms with Gasteiger partial charge in [-0.25, -0.2) is 4.39 Å². The quantitative estimate of drug-likeness (QED) is 0.705. The van der Waals surface area contributed by atoms with Gasteiger partial charge in [0, 0.05) is 23.6 Å². The van der Waals surface area contributed by atoms with Crippen molar-refractivity contribution in [3.05, 3.63) is 88.7 Å². The summed E-state index contributed by atoms with van der Waals surface area (Å²) in [5.41, 5.74) is 1.36. The molecule has 8 heteroatoms. The number of benzene rings is 1. The summed E-state index contributed by atoms with van der Waals surface area (Å²) in [6.07, 6.45) is 2.99. The average molecular weight is 385 g/mol. The Morgan fingerprint density at radius 3 is 2.59 bits per heavy atom. The van der Waals surface area contributed by atoms with Crippen molar-refractivity contribution < 1.29 is 14.0 Å². The number of hydrogen-bond acceptors (Lipinski definition) is 4. The van der Waals surface area contributed by atoms with Gasteiger partial charge in [0.15, 0.2) is 0 Å².